The minimum Gasteiger partial charge on any atom is -0.289 e. The van der Waals surface area contributed by atoms with E-state index < -0.39 is 0 Å². The van der Waals surface area contributed by atoms with Gasteiger partial charge in [-0.1, -0.05) is 34.1 Å². The maximum atomic E-state index is 11.1. The van der Waals surface area contributed by atoms with Crippen molar-refractivity contribution in [1.82, 2.24) is 0 Å². The molecule has 1 nitrogen and oxygen atoms in total. The molecule has 0 atom stereocenters. The quantitative estimate of drug-likeness (QED) is 0.726. The molecule has 0 bridgehead atoms. The summed E-state index contributed by atoms with van der Waals surface area (Å²) in [5.41, 5.74) is 2.98. The molecule has 60 valence electrons. The second-order valence-electron chi connectivity index (χ2n) is 2.81. The maximum Gasteiger partial charge on any atom is 0.190 e. The highest BCUT2D eigenvalue weighted by atomic mass is 79.9. The van der Waals surface area contributed by atoms with Crippen LogP contribution in [0.15, 0.2) is 33.5 Å². The zero-order valence-electron chi connectivity index (χ0n) is 6.60. The SMILES string of the molecule is Cc1c(-c2ccccc2Br)c1=O. The van der Waals surface area contributed by atoms with Crippen LogP contribution in [-0.2, 0) is 0 Å². The molecule has 0 amide bonds. The minimum atomic E-state index is 0.196. The molecule has 0 aliphatic rings. The lowest BCUT2D eigenvalue weighted by Gasteiger charge is -1.95. The number of halogens is 1. The lowest BCUT2D eigenvalue weighted by molar-refractivity contribution is 1.62. The molecule has 2 aromatic rings. The van der Waals surface area contributed by atoms with Crippen LogP contribution in [0.5, 0.6) is 0 Å². The molecular weight excluding hydrogens is 216 g/mol. The number of benzene rings is 1. The van der Waals surface area contributed by atoms with Crippen LogP contribution >= 0.6 is 15.9 Å². The molecule has 0 fully saturated rings. The van der Waals surface area contributed by atoms with Gasteiger partial charge in [0.2, 0.25) is 0 Å². The van der Waals surface area contributed by atoms with Crippen molar-refractivity contribution in [2.24, 2.45) is 0 Å². The highest BCUT2D eigenvalue weighted by Crippen LogP contribution is 2.30. The number of hydrogen-bond acceptors (Lipinski definition) is 1. The molecule has 2 aromatic carbocycles. The second-order valence-corrected chi connectivity index (χ2v) is 3.66. The van der Waals surface area contributed by atoms with Crippen molar-refractivity contribution >= 4 is 15.9 Å². The van der Waals surface area contributed by atoms with Crippen LogP contribution in [0.4, 0.5) is 0 Å². The number of hydrogen-bond donors (Lipinski definition) is 0. The van der Waals surface area contributed by atoms with E-state index in [1.54, 1.807) is 0 Å². The Labute approximate surface area is 78.9 Å². The Balaban J connectivity index is 2.56. The molecule has 0 N–H and O–H groups in total. The standard InChI is InChI=1S/C10H7BrO/c1-6-9(10(6)12)7-4-2-3-5-8(7)11/h2-5H,1H3. The smallest absolute Gasteiger partial charge is 0.190 e. The van der Waals surface area contributed by atoms with Crippen molar-refractivity contribution in [2.45, 2.75) is 6.92 Å². The van der Waals surface area contributed by atoms with Gasteiger partial charge in [0.15, 0.2) is 5.43 Å². The van der Waals surface area contributed by atoms with Crippen LogP contribution in [0.1, 0.15) is 5.56 Å². The van der Waals surface area contributed by atoms with Crippen molar-refractivity contribution in [2.75, 3.05) is 0 Å². The topological polar surface area (TPSA) is 17.1 Å². The zero-order chi connectivity index (χ0) is 8.72. The Hall–Kier alpha value is -0.890. The molecule has 0 saturated heterocycles. The van der Waals surface area contributed by atoms with Crippen LogP contribution in [0, 0.1) is 6.92 Å². The Morgan fingerprint density at radius 1 is 1.25 bits per heavy atom. The average Bonchev–Trinajstić information content (AvgIpc) is 2.62. The van der Waals surface area contributed by atoms with E-state index in [1.165, 1.54) is 0 Å². The largest absolute Gasteiger partial charge is 0.289 e. The fourth-order valence-electron chi connectivity index (χ4n) is 1.25. The van der Waals surface area contributed by atoms with Crippen molar-refractivity contribution in [3.05, 3.63) is 44.5 Å². The summed E-state index contributed by atoms with van der Waals surface area (Å²) in [6, 6.07) is 7.78. The molecule has 0 saturated carbocycles. The average molecular weight is 223 g/mol. The predicted octanol–water partition coefficient (Wildman–Crippen LogP) is 2.66. The van der Waals surface area contributed by atoms with Gasteiger partial charge in [0, 0.05) is 21.2 Å². The fraction of sp³-hybridized carbons (Fsp3) is 0.100. The monoisotopic (exact) mass is 222 g/mol. The van der Waals surface area contributed by atoms with E-state index in [2.05, 4.69) is 15.9 Å². The molecule has 0 heterocycles. The van der Waals surface area contributed by atoms with Crippen molar-refractivity contribution in [1.29, 1.82) is 0 Å². The molecule has 0 aliphatic carbocycles. The number of rotatable bonds is 1. The van der Waals surface area contributed by atoms with Gasteiger partial charge in [0.1, 0.15) is 0 Å². The summed E-state index contributed by atoms with van der Waals surface area (Å²) in [4.78, 5) is 11.1. The summed E-state index contributed by atoms with van der Waals surface area (Å²) in [6.45, 7) is 1.86. The summed E-state index contributed by atoms with van der Waals surface area (Å²) in [5.74, 6) is 0. The Kier molecular flexibility index (Phi) is 1.65. The van der Waals surface area contributed by atoms with Gasteiger partial charge in [-0.3, -0.25) is 4.79 Å². The molecular formula is C10H7BrO. The molecule has 12 heavy (non-hydrogen) atoms. The van der Waals surface area contributed by atoms with E-state index in [0.29, 0.717) is 0 Å². The normalized spacial score (nSPS) is 10.8. The third-order valence-electron chi connectivity index (χ3n) is 2.02. The first-order valence-corrected chi connectivity index (χ1v) is 4.51. The summed E-state index contributed by atoms with van der Waals surface area (Å²) in [5, 5.41) is 0. The molecule has 0 spiro atoms. The van der Waals surface area contributed by atoms with E-state index in [1.807, 2.05) is 31.2 Å². The third kappa shape index (κ3) is 1.03. The van der Waals surface area contributed by atoms with Gasteiger partial charge in [0.05, 0.1) is 0 Å². The van der Waals surface area contributed by atoms with E-state index in [0.717, 1.165) is 21.2 Å². The van der Waals surface area contributed by atoms with E-state index in [9.17, 15) is 4.79 Å². The third-order valence-corrected chi connectivity index (χ3v) is 2.71. The fourth-order valence-corrected chi connectivity index (χ4v) is 1.73. The first kappa shape index (κ1) is 7.74. The highest BCUT2D eigenvalue weighted by molar-refractivity contribution is 9.10. The van der Waals surface area contributed by atoms with E-state index in [-0.39, 0.29) is 5.43 Å². The first-order chi connectivity index (χ1) is 5.72. The summed E-state index contributed by atoms with van der Waals surface area (Å²) in [7, 11) is 0. The summed E-state index contributed by atoms with van der Waals surface area (Å²) < 4.78 is 0.991. The van der Waals surface area contributed by atoms with Crippen LogP contribution in [0.2, 0.25) is 0 Å². The minimum absolute atomic E-state index is 0.196. The van der Waals surface area contributed by atoms with Gasteiger partial charge in [0.25, 0.3) is 0 Å². The molecule has 2 rings (SSSR count). The van der Waals surface area contributed by atoms with Crippen molar-refractivity contribution < 1.29 is 0 Å². The highest BCUT2D eigenvalue weighted by Gasteiger charge is 2.20. The van der Waals surface area contributed by atoms with Gasteiger partial charge in [-0.25, -0.2) is 0 Å². The lowest BCUT2D eigenvalue weighted by Crippen LogP contribution is -1.78. The van der Waals surface area contributed by atoms with E-state index in [4.69, 9.17) is 0 Å². The van der Waals surface area contributed by atoms with Crippen LogP contribution < -0.4 is 5.43 Å². The van der Waals surface area contributed by atoms with Crippen LogP contribution in [-0.4, -0.2) is 0 Å². The first-order valence-electron chi connectivity index (χ1n) is 3.72. The van der Waals surface area contributed by atoms with Crippen molar-refractivity contribution in [3.8, 4) is 11.1 Å². The molecule has 0 aromatic heterocycles. The zero-order valence-corrected chi connectivity index (χ0v) is 8.18. The maximum absolute atomic E-state index is 11.1. The van der Waals surface area contributed by atoms with Gasteiger partial charge < -0.3 is 0 Å². The van der Waals surface area contributed by atoms with Crippen molar-refractivity contribution in [3.63, 3.8) is 0 Å². The Bertz CT molecular complexity index is 436. The van der Waals surface area contributed by atoms with Gasteiger partial charge in [-0.2, -0.15) is 0 Å². The lowest BCUT2D eigenvalue weighted by atomic mass is 10.2. The summed E-state index contributed by atoms with van der Waals surface area (Å²) >= 11 is 3.41. The predicted molar refractivity (Wildman–Crippen MR) is 53.0 cm³/mol. The van der Waals surface area contributed by atoms with E-state index >= 15 is 0 Å². The Morgan fingerprint density at radius 2 is 1.83 bits per heavy atom. The van der Waals surface area contributed by atoms with Crippen LogP contribution in [0.25, 0.3) is 11.1 Å². The van der Waals surface area contributed by atoms with Crippen LogP contribution in [0.3, 0.4) is 0 Å². The van der Waals surface area contributed by atoms with Gasteiger partial charge in [-0.15, -0.1) is 0 Å². The molecule has 0 unspecified atom stereocenters. The van der Waals surface area contributed by atoms with Gasteiger partial charge >= 0.3 is 0 Å². The van der Waals surface area contributed by atoms with Gasteiger partial charge in [-0.05, 0) is 13.0 Å². The molecule has 0 aliphatic heterocycles. The second kappa shape index (κ2) is 2.56. The molecule has 0 radical (unpaired) electrons. The molecule has 2 heteroatoms. The summed E-state index contributed by atoms with van der Waals surface area (Å²) in [6.07, 6.45) is 0. The Morgan fingerprint density at radius 3 is 2.33 bits per heavy atom.